The highest BCUT2D eigenvalue weighted by atomic mass is 15.4. The average molecular weight is 265 g/mol. The van der Waals surface area contributed by atoms with Gasteiger partial charge in [0.1, 0.15) is 0 Å². The average Bonchev–Trinajstić information content (AvgIpc) is 3.21. The Kier molecular flexibility index (Phi) is 2.70. The second kappa shape index (κ2) is 4.68. The standard InChI is InChI=1S/C15H15N5/c1-4-14-13(3-2-8-16-14)15(5-1)20-10-12(18-19-20)9-17-11-6-7-11/h1-5,8,10-11,17H,6-7,9H2. The molecule has 0 amide bonds. The third-order valence-corrected chi connectivity index (χ3v) is 3.56. The van der Waals surface area contributed by atoms with Crippen LogP contribution in [-0.2, 0) is 6.54 Å². The van der Waals surface area contributed by atoms with E-state index in [1.807, 2.05) is 35.1 Å². The zero-order valence-corrected chi connectivity index (χ0v) is 11.0. The van der Waals surface area contributed by atoms with E-state index < -0.39 is 0 Å². The summed E-state index contributed by atoms with van der Waals surface area (Å²) < 4.78 is 1.83. The van der Waals surface area contributed by atoms with Gasteiger partial charge in [-0.2, -0.15) is 0 Å². The van der Waals surface area contributed by atoms with Crippen molar-refractivity contribution in [2.75, 3.05) is 0 Å². The van der Waals surface area contributed by atoms with E-state index in [1.54, 1.807) is 6.20 Å². The van der Waals surface area contributed by atoms with Gasteiger partial charge in [0.15, 0.2) is 0 Å². The molecule has 0 saturated heterocycles. The van der Waals surface area contributed by atoms with Gasteiger partial charge in [-0.3, -0.25) is 4.98 Å². The Labute approximate surface area is 116 Å². The summed E-state index contributed by atoms with van der Waals surface area (Å²) in [5, 5.41) is 13.0. The maximum absolute atomic E-state index is 4.37. The van der Waals surface area contributed by atoms with Crippen LogP contribution in [0.1, 0.15) is 18.5 Å². The minimum Gasteiger partial charge on any atom is -0.308 e. The predicted molar refractivity (Wildman–Crippen MR) is 76.5 cm³/mol. The van der Waals surface area contributed by atoms with E-state index in [9.17, 15) is 0 Å². The Hall–Kier alpha value is -2.27. The second-order valence-corrected chi connectivity index (χ2v) is 5.16. The number of aromatic nitrogens is 4. The number of pyridine rings is 1. The van der Waals surface area contributed by atoms with E-state index in [4.69, 9.17) is 0 Å². The molecule has 1 saturated carbocycles. The molecule has 1 aliphatic carbocycles. The smallest absolute Gasteiger partial charge is 0.0969 e. The van der Waals surface area contributed by atoms with Gasteiger partial charge in [-0.1, -0.05) is 11.3 Å². The Morgan fingerprint density at radius 1 is 1.20 bits per heavy atom. The summed E-state index contributed by atoms with van der Waals surface area (Å²) in [5.74, 6) is 0. The first-order valence-electron chi connectivity index (χ1n) is 6.89. The van der Waals surface area contributed by atoms with Crippen molar-refractivity contribution in [1.29, 1.82) is 0 Å². The number of nitrogens with one attached hydrogen (secondary N) is 1. The van der Waals surface area contributed by atoms with Gasteiger partial charge < -0.3 is 5.32 Å². The normalized spacial score (nSPS) is 14.8. The van der Waals surface area contributed by atoms with Crippen LogP contribution in [-0.4, -0.2) is 26.0 Å². The number of fused-ring (bicyclic) bond motifs is 1. The fourth-order valence-electron chi connectivity index (χ4n) is 2.32. The van der Waals surface area contributed by atoms with Crippen LogP contribution >= 0.6 is 0 Å². The molecule has 100 valence electrons. The molecule has 1 N–H and O–H groups in total. The van der Waals surface area contributed by atoms with Crippen LogP contribution < -0.4 is 5.32 Å². The molecule has 1 aromatic carbocycles. The van der Waals surface area contributed by atoms with Crippen molar-refractivity contribution in [3.63, 3.8) is 0 Å². The SMILES string of the molecule is c1cc(-n2cc(CNC3CC3)nn2)c2cccnc2c1. The summed E-state index contributed by atoms with van der Waals surface area (Å²) in [5.41, 5.74) is 2.96. The van der Waals surface area contributed by atoms with E-state index in [2.05, 4.69) is 26.7 Å². The largest absolute Gasteiger partial charge is 0.308 e. The lowest BCUT2D eigenvalue weighted by molar-refractivity contribution is 0.671. The fourth-order valence-corrected chi connectivity index (χ4v) is 2.32. The first kappa shape index (κ1) is 11.5. The molecule has 2 aromatic heterocycles. The number of rotatable bonds is 4. The summed E-state index contributed by atoms with van der Waals surface area (Å²) >= 11 is 0. The van der Waals surface area contributed by atoms with Crippen molar-refractivity contribution in [1.82, 2.24) is 25.3 Å². The van der Waals surface area contributed by atoms with Crippen LogP contribution in [0.25, 0.3) is 16.6 Å². The van der Waals surface area contributed by atoms with Crippen molar-refractivity contribution in [2.45, 2.75) is 25.4 Å². The lowest BCUT2D eigenvalue weighted by atomic mass is 10.2. The summed E-state index contributed by atoms with van der Waals surface area (Å²) in [7, 11) is 0. The Morgan fingerprint density at radius 2 is 2.15 bits per heavy atom. The van der Waals surface area contributed by atoms with Crippen molar-refractivity contribution in [3.8, 4) is 5.69 Å². The van der Waals surface area contributed by atoms with Crippen LogP contribution in [0.3, 0.4) is 0 Å². The van der Waals surface area contributed by atoms with Gasteiger partial charge in [-0.05, 0) is 37.1 Å². The van der Waals surface area contributed by atoms with E-state index in [0.717, 1.165) is 28.8 Å². The molecule has 0 aliphatic heterocycles. The lowest BCUT2D eigenvalue weighted by Crippen LogP contribution is -2.15. The van der Waals surface area contributed by atoms with Crippen LogP contribution in [0.4, 0.5) is 0 Å². The van der Waals surface area contributed by atoms with E-state index in [-0.39, 0.29) is 0 Å². The fraction of sp³-hybridized carbons (Fsp3) is 0.267. The zero-order valence-electron chi connectivity index (χ0n) is 11.0. The molecule has 5 nitrogen and oxygen atoms in total. The van der Waals surface area contributed by atoms with Crippen molar-refractivity contribution in [3.05, 3.63) is 48.4 Å². The Morgan fingerprint density at radius 3 is 3.05 bits per heavy atom. The second-order valence-electron chi connectivity index (χ2n) is 5.16. The molecule has 0 unspecified atom stereocenters. The van der Waals surface area contributed by atoms with Crippen LogP contribution in [0.2, 0.25) is 0 Å². The van der Waals surface area contributed by atoms with E-state index in [0.29, 0.717) is 6.04 Å². The number of benzene rings is 1. The first-order valence-corrected chi connectivity index (χ1v) is 6.89. The predicted octanol–water partition coefficient (Wildman–Crippen LogP) is 2.07. The zero-order chi connectivity index (χ0) is 13.4. The quantitative estimate of drug-likeness (QED) is 0.784. The van der Waals surface area contributed by atoms with Gasteiger partial charge in [-0.15, -0.1) is 5.10 Å². The number of hydrogen-bond donors (Lipinski definition) is 1. The molecular weight excluding hydrogens is 250 g/mol. The number of nitrogens with zero attached hydrogens (tertiary/aromatic N) is 4. The van der Waals surface area contributed by atoms with Crippen LogP contribution in [0.5, 0.6) is 0 Å². The molecule has 0 atom stereocenters. The van der Waals surface area contributed by atoms with Gasteiger partial charge in [0, 0.05) is 24.2 Å². The van der Waals surface area contributed by atoms with Gasteiger partial charge >= 0.3 is 0 Å². The molecule has 4 rings (SSSR count). The van der Waals surface area contributed by atoms with Crippen molar-refractivity contribution >= 4 is 10.9 Å². The van der Waals surface area contributed by atoms with Gasteiger partial charge in [0.25, 0.3) is 0 Å². The number of hydrogen-bond acceptors (Lipinski definition) is 4. The summed E-state index contributed by atoms with van der Waals surface area (Å²) in [6.07, 6.45) is 6.35. The van der Waals surface area contributed by atoms with E-state index >= 15 is 0 Å². The molecule has 0 radical (unpaired) electrons. The van der Waals surface area contributed by atoms with Gasteiger partial charge in [0.2, 0.25) is 0 Å². The lowest BCUT2D eigenvalue weighted by Gasteiger charge is -2.04. The molecule has 0 bridgehead atoms. The topological polar surface area (TPSA) is 55.6 Å². The Balaban J connectivity index is 1.67. The Bertz CT molecular complexity index is 739. The molecule has 1 aliphatic rings. The minimum atomic E-state index is 0.682. The molecular formula is C15H15N5. The molecule has 20 heavy (non-hydrogen) atoms. The van der Waals surface area contributed by atoms with Crippen LogP contribution in [0.15, 0.2) is 42.7 Å². The van der Waals surface area contributed by atoms with Crippen LogP contribution in [0, 0.1) is 0 Å². The summed E-state index contributed by atoms with van der Waals surface area (Å²) in [6.45, 7) is 0.785. The third kappa shape index (κ3) is 2.16. The van der Waals surface area contributed by atoms with Gasteiger partial charge in [0.05, 0.1) is 23.1 Å². The minimum absolute atomic E-state index is 0.682. The molecule has 5 heteroatoms. The van der Waals surface area contributed by atoms with Crippen molar-refractivity contribution in [2.24, 2.45) is 0 Å². The highest BCUT2D eigenvalue weighted by molar-refractivity contribution is 5.86. The third-order valence-electron chi connectivity index (χ3n) is 3.56. The molecule has 0 spiro atoms. The first-order chi connectivity index (χ1) is 9.90. The molecule has 2 heterocycles. The maximum Gasteiger partial charge on any atom is 0.0969 e. The van der Waals surface area contributed by atoms with Gasteiger partial charge in [-0.25, -0.2) is 4.68 Å². The summed E-state index contributed by atoms with van der Waals surface area (Å²) in [4.78, 5) is 4.37. The maximum atomic E-state index is 4.37. The highest BCUT2D eigenvalue weighted by Crippen LogP contribution is 2.21. The molecule has 3 aromatic rings. The molecule has 1 fully saturated rings. The van der Waals surface area contributed by atoms with Crippen molar-refractivity contribution < 1.29 is 0 Å². The monoisotopic (exact) mass is 265 g/mol. The summed E-state index contributed by atoms with van der Waals surface area (Å²) in [6, 6.07) is 10.7. The van der Waals surface area contributed by atoms with E-state index in [1.165, 1.54) is 12.8 Å². The highest BCUT2D eigenvalue weighted by Gasteiger charge is 2.20.